The molecule has 3 N–H and O–H groups in total. The number of amides is 2. The number of urea groups is 1. The minimum Gasteiger partial charge on any atom is -0.386 e. The van der Waals surface area contributed by atoms with Gasteiger partial charge in [0.1, 0.15) is 17.7 Å². The molecule has 122 valence electrons. The number of hydrogen-bond acceptors (Lipinski definition) is 3. The Bertz CT molecular complexity index is 673. The van der Waals surface area contributed by atoms with Crippen LogP contribution in [-0.4, -0.2) is 23.7 Å². The highest BCUT2D eigenvalue weighted by atomic mass is 32.1. The number of benzene rings is 1. The molecular formula is C16H16F2N2O2S. The van der Waals surface area contributed by atoms with Gasteiger partial charge in [0, 0.05) is 22.4 Å². The van der Waals surface area contributed by atoms with Crippen LogP contribution in [0.5, 0.6) is 0 Å². The van der Waals surface area contributed by atoms with Crippen LogP contribution in [0.3, 0.4) is 0 Å². The predicted octanol–water partition coefficient (Wildman–Crippen LogP) is 2.92. The molecule has 2 aromatic rings. The zero-order valence-corrected chi connectivity index (χ0v) is 12.9. The molecule has 1 aliphatic rings. The van der Waals surface area contributed by atoms with Gasteiger partial charge in [0.25, 0.3) is 0 Å². The van der Waals surface area contributed by atoms with Crippen LogP contribution < -0.4 is 10.6 Å². The zero-order chi connectivity index (χ0) is 16.4. The van der Waals surface area contributed by atoms with E-state index in [4.69, 9.17) is 0 Å². The van der Waals surface area contributed by atoms with Crippen LogP contribution in [0, 0.1) is 11.6 Å². The van der Waals surface area contributed by atoms with Gasteiger partial charge in [-0.1, -0.05) is 12.1 Å². The molecule has 1 aliphatic carbocycles. The SMILES string of the molecule is O=C(NC[C@H](O)c1cccs1)N[C@H]1C[C@@H]1c1c(F)cccc1F. The standard InChI is InChI=1S/C16H16F2N2O2S/c17-10-3-1-4-11(18)15(10)9-7-12(9)20-16(22)19-8-13(21)14-5-2-6-23-14/h1-6,9,12-13,21H,7-8H2,(H2,19,20,22)/t9-,12-,13-/m0/s1. The van der Waals surface area contributed by atoms with Crippen molar-refractivity contribution in [3.05, 3.63) is 57.8 Å². The van der Waals surface area contributed by atoms with Gasteiger partial charge in [-0.3, -0.25) is 0 Å². The maximum absolute atomic E-state index is 13.7. The molecule has 3 atom stereocenters. The van der Waals surface area contributed by atoms with Crippen molar-refractivity contribution < 1.29 is 18.7 Å². The summed E-state index contributed by atoms with van der Waals surface area (Å²) in [6, 6.07) is 6.60. The molecule has 1 aromatic carbocycles. The van der Waals surface area contributed by atoms with Gasteiger partial charge in [0.15, 0.2) is 0 Å². The summed E-state index contributed by atoms with van der Waals surface area (Å²) >= 11 is 1.40. The molecule has 1 aromatic heterocycles. The Morgan fingerprint density at radius 1 is 1.30 bits per heavy atom. The first-order chi connectivity index (χ1) is 11.1. The van der Waals surface area contributed by atoms with Gasteiger partial charge in [-0.15, -0.1) is 11.3 Å². The largest absolute Gasteiger partial charge is 0.386 e. The number of aliphatic hydroxyl groups is 1. The molecule has 1 fully saturated rings. The van der Waals surface area contributed by atoms with E-state index in [9.17, 15) is 18.7 Å². The highest BCUT2D eigenvalue weighted by Crippen LogP contribution is 2.43. The van der Waals surface area contributed by atoms with Crippen molar-refractivity contribution in [2.75, 3.05) is 6.54 Å². The van der Waals surface area contributed by atoms with Gasteiger partial charge >= 0.3 is 6.03 Å². The first kappa shape index (κ1) is 15.9. The number of carbonyl (C=O) groups is 1. The van der Waals surface area contributed by atoms with Crippen molar-refractivity contribution in [3.8, 4) is 0 Å². The molecule has 23 heavy (non-hydrogen) atoms. The lowest BCUT2D eigenvalue weighted by Crippen LogP contribution is -2.39. The minimum atomic E-state index is -0.764. The Morgan fingerprint density at radius 3 is 2.70 bits per heavy atom. The van der Waals surface area contributed by atoms with Crippen LogP contribution in [-0.2, 0) is 0 Å². The Hall–Kier alpha value is -1.99. The maximum atomic E-state index is 13.7. The fourth-order valence-electron chi connectivity index (χ4n) is 2.53. The summed E-state index contributed by atoms with van der Waals surface area (Å²) in [6.07, 6.45) is -0.265. The number of aliphatic hydroxyl groups excluding tert-OH is 1. The quantitative estimate of drug-likeness (QED) is 0.785. The lowest BCUT2D eigenvalue weighted by atomic mass is 10.1. The fourth-order valence-corrected chi connectivity index (χ4v) is 3.24. The fraction of sp³-hybridized carbons (Fsp3) is 0.312. The van der Waals surface area contributed by atoms with Crippen LogP contribution in [0.25, 0.3) is 0 Å². The second kappa shape index (κ2) is 6.64. The molecule has 0 unspecified atom stereocenters. The summed E-state index contributed by atoms with van der Waals surface area (Å²) in [6.45, 7) is 0.0811. The second-order valence-electron chi connectivity index (χ2n) is 5.47. The molecule has 0 saturated heterocycles. The molecule has 0 spiro atoms. The molecule has 3 rings (SSSR count). The van der Waals surface area contributed by atoms with E-state index >= 15 is 0 Å². The lowest BCUT2D eigenvalue weighted by Gasteiger charge is -2.11. The molecule has 0 bridgehead atoms. The van der Waals surface area contributed by atoms with E-state index in [1.807, 2.05) is 11.4 Å². The molecule has 2 amide bonds. The van der Waals surface area contributed by atoms with E-state index in [1.54, 1.807) is 6.07 Å². The van der Waals surface area contributed by atoms with Gasteiger partial charge in [0.05, 0.1) is 6.54 Å². The predicted molar refractivity (Wildman–Crippen MR) is 83.3 cm³/mol. The molecule has 1 saturated carbocycles. The summed E-state index contributed by atoms with van der Waals surface area (Å²) in [4.78, 5) is 12.6. The lowest BCUT2D eigenvalue weighted by molar-refractivity contribution is 0.176. The van der Waals surface area contributed by atoms with Gasteiger partial charge < -0.3 is 15.7 Å². The Balaban J connectivity index is 1.49. The third kappa shape index (κ3) is 3.68. The normalized spacial score (nSPS) is 20.8. The average molecular weight is 338 g/mol. The van der Waals surface area contributed by atoms with Gasteiger partial charge in [-0.05, 0) is 30.0 Å². The number of thiophene rings is 1. The monoisotopic (exact) mass is 338 g/mol. The minimum absolute atomic E-state index is 0.0245. The van der Waals surface area contributed by atoms with Crippen LogP contribution in [0.15, 0.2) is 35.7 Å². The van der Waals surface area contributed by atoms with Crippen molar-refractivity contribution in [3.63, 3.8) is 0 Å². The van der Waals surface area contributed by atoms with Crippen molar-refractivity contribution >= 4 is 17.4 Å². The summed E-state index contributed by atoms with van der Waals surface area (Å²) in [5, 5.41) is 17.0. The zero-order valence-electron chi connectivity index (χ0n) is 12.1. The molecule has 1 heterocycles. The van der Waals surface area contributed by atoms with Gasteiger partial charge in [-0.2, -0.15) is 0 Å². The van der Waals surface area contributed by atoms with Crippen molar-refractivity contribution in [1.82, 2.24) is 10.6 Å². The smallest absolute Gasteiger partial charge is 0.315 e. The molecule has 4 nitrogen and oxygen atoms in total. The summed E-state index contributed by atoms with van der Waals surface area (Å²) < 4.78 is 27.3. The Kier molecular flexibility index (Phi) is 4.58. The third-order valence-electron chi connectivity index (χ3n) is 3.81. The first-order valence-corrected chi connectivity index (χ1v) is 8.14. The van der Waals surface area contributed by atoms with Crippen molar-refractivity contribution in [1.29, 1.82) is 0 Å². The van der Waals surface area contributed by atoms with Gasteiger partial charge in [0.2, 0.25) is 0 Å². The van der Waals surface area contributed by atoms with E-state index in [-0.39, 0.29) is 24.1 Å². The Labute approximate surface area is 136 Å². The summed E-state index contributed by atoms with van der Waals surface area (Å²) in [5.41, 5.74) is 0.0245. The van der Waals surface area contributed by atoms with E-state index in [2.05, 4.69) is 10.6 Å². The van der Waals surface area contributed by atoms with E-state index < -0.39 is 23.8 Å². The van der Waals surface area contributed by atoms with Crippen molar-refractivity contribution in [2.45, 2.75) is 24.5 Å². The van der Waals surface area contributed by atoms with Crippen LogP contribution in [0.4, 0.5) is 13.6 Å². The van der Waals surface area contributed by atoms with E-state index in [0.29, 0.717) is 6.42 Å². The van der Waals surface area contributed by atoms with Gasteiger partial charge in [-0.25, -0.2) is 13.6 Å². The van der Waals surface area contributed by atoms with E-state index in [1.165, 1.54) is 29.5 Å². The van der Waals surface area contributed by atoms with Crippen LogP contribution >= 0.6 is 11.3 Å². The van der Waals surface area contributed by atoms with E-state index in [0.717, 1.165) is 4.88 Å². The molecule has 0 aliphatic heterocycles. The van der Waals surface area contributed by atoms with Crippen LogP contribution in [0.2, 0.25) is 0 Å². The number of rotatable bonds is 5. The summed E-state index contributed by atoms with van der Waals surface area (Å²) in [5.74, 6) is -1.52. The molecular weight excluding hydrogens is 322 g/mol. The molecule has 7 heteroatoms. The summed E-state index contributed by atoms with van der Waals surface area (Å²) in [7, 11) is 0. The van der Waals surface area contributed by atoms with Crippen molar-refractivity contribution in [2.24, 2.45) is 0 Å². The highest BCUT2D eigenvalue weighted by Gasteiger charge is 2.42. The first-order valence-electron chi connectivity index (χ1n) is 7.26. The third-order valence-corrected chi connectivity index (χ3v) is 4.78. The number of nitrogens with one attached hydrogen (secondary N) is 2. The second-order valence-corrected chi connectivity index (χ2v) is 6.45. The van der Waals surface area contributed by atoms with Crippen LogP contribution in [0.1, 0.15) is 28.9 Å². The number of carbonyl (C=O) groups excluding carboxylic acids is 1. The number of hydrogen-bond donors (Lipinski definition) is 3. The average Bonchev–Trinajstić information content (AvgIpc) is 3.02. The Morgan fingerprint density at radius 2 is 2.04 bits per heavy atom. The number of halogens is 2. The highest BCUT2D eigenvalue weighted by molar-refractivity contribution is 7.10. The topological polar surface area (TPSA) is 61.4 Å². The molecule has 0 radical (unpaired) electrons. The maximum Gasteiger partial charge on any atom is 0.315 e.